The summed E-state index contributed by atoms with van der Waals surface area (Å²) < 4.78 is 38.9. The molecule has 0 saturated heterocycles. The normalized spacial score (nSPS) is 11.2. The minimum atomic E-state index is -4.86. The molecule has 0 amide bonds. The number of halogens is 4. The van der Waals surface area contributed by atoms with E-state index in [1.807, 2.05) is 0 Å². The third-order valence-electron chi connectivity index (χ3n) is 1.29. The van der Waals surface area contributed by atoms with Crippen molar-refractivity contribution in [3.05, 3.63) is 15.5 Å². The van der Waals surface area contributed by atoms with Gasteiger partial charge in [-0.1, -0.05) is 0 Å². The molecule has 1 aromatic rings. The zero-order valence-corrected chi connectivity index (χ0v) is 9.03. The van der Waals surface area contributed by atoms with E-state index in [0.29, 0.717) is 6.07 Å². The third kappa shape index (κ3) is 3.22. The zero-order valence-electron chi connectivity index (χ0n) is 6.88. The standard InChI is InChI=1S/C7H3F3INO3/c8-7(9,10)15-5-1-4(14)3(2-13)12-6(5)11/h1-2,14H. The minimum Gasteiger partial charge on any atom is -0.505 e. The molecule has 15 heavy (non-hydrogen) atoms. The zero-order chi connectivity index (χ0) is 11.6. The van der Waals surface area contributed by atoms with Crippen molar-refractivity contribution in [2.75, 3.05) is 0 Å². The third-order valence-corrected chi connectivity index (χ3v) is 2.06. The highest BCUT2D eigenvalue weighted by Gasteiger charge is 2.32. The van der Waals surface area contributed by atoms with Crippen molar-refractivity contribution >= 4 is 28.9 Å². The lowest BCUT2D eigenvalue weighted by Crippen LogP contribution is -2.18. The fourth-order valence-electron chi connectivity index (χ4n) is 0.759. The summed E-state index contributed by atoms with van der Waals surface area (Å²) in [6.45, 7) is 0. The van der Waals surface area contributed by atoms with Crippen molar-refractivity contribution in [3.8, 4) is 11.5 Å². The highest BCUT2D eigenvalue weighted by molar-refractivity contribution is 14.1. The number of hydrogen-bond donors (Lipinski definition) is 1. The summed E-state index contributed by atoms with van der Waals surface area (Å²) in [5.74, 6) is -1.31. The van der Waals surface area contributed by atoms with Crippen LogP contribution in [0.3, 0.4) is 0 Å². The quantitative estimate of drug-likeness (QED) is 0.512. The van der Waals surface area contributed by atoms with Gasteiger partial charge in [0.05, 0.1) is 0 Å². The fourth-order valence-corrected chi connectivity index (χ4v) is 1.28. The molecule has 1 heterocycles. The molecule has 0 radical (unpaired) electrons. The van der Waals surface area contributed by atoms with Crippen LogP contribution in [-0.4, -0.2) is 22.7 Å². The molecule has 1 rings (SSSR count). The Morgan fingerprint density at radius 1 is 1.53 bits per heavy atom. The predicted molar refractivity (Wildman–Crippen MR) is 50.7 cm³/mol. The van der Waals surface area contributed by atoms with Crippen LogP contribution in [-0.2, 0) is 0 Å². The molecule has 0 spiro atoms. The van der Waals surface area contributed by atoms with E-state index in [1.54, 1.807) is 0 Å². The second kappa shape index (κ2) is 4.21. The van der Waals surface area contributed by atoms with Crippen molar-refractivity contribution in [1.82, 2.24) is 4.98 Å². The van der Waals surface area contributed by atoms with Crippen LogP contribution < -0.4 is 4.74 Å². The van der Waals surface area contributed by atoms with Crippen LogP contribution in [0.1, 0.15) is 10.5 Å². The Morgan fingerprint density at radius 2 is 2.13 bits per heavy atom. The number of nitrogens with zero attached hydrogens (tertiary/aromatic N) is 1. The Kier molecular flexibility index (Phi) is 3.37. The fraction of sp³-hybridized carbons (Fsp3) is 0.143. The summed E-state index contributed by atoms with van der Waals surface area (Å²) in [7, 11) is 0. The maximum atomic E-state index is 11.8. The van der Waals surface area contributed by atoms with Gasteiger partial charge in [-0.3, -0.25) is 4.79 Å². The Balaban J connectivity index is 3.11. The van der Waals surface area contributed by atoms with Gasteiger partial charge in [0.25, 0.3) is 0 Å². The van der Waals surface area contributed by atoms with Gasteiger partial charge in [-0.2, -0.15) is 0 Å². The van der Waals surface area contributed by atoms with E-state index in [1.165, 1.54) is 22.6 Å². The van der Waals surface area contributed by atoms with Crippen molar-refractivity contribution in [3.63, 3.8) is 0 Å². The highest BCUT2D eigenvalue weighted by atomic mass is 127. The van der Waals surface area contributed by atoms with E-state index < -0.39 is 17.9 Å². The molecule has 0 saturated carbocycles. The van der Waals surface area contributed by atoms with Crippen LogP contribution in [0.15, 0.2) is 6.07 Å². The molecular formula is C7H3F3INO3. The molecule has 0 aliphatic carbocycles. The minimum absolute atomic E-state index is 0.162. The monoisotopic (exact) mass is 333 g/mol. The van der Waals surface area contributed by atoms with Crippen molar-refractivity contribution in [1.29, 1.82) is 0 Å². The number of rotatable bonds is 2. The van der Waals surface area contributed by atoms with Gasteiger partial charge >= 0.3 is 6.36 Å². The topological polar surface area (TPSA) is 59.4 Å². The van der Waals surface area contributed by atoms with Gasteiger partial charge in [0, 0.05) is 6.07 Å². The van der Waals surface area contributed by atoms with Crippen molar-refractivity contribution < 1.29 is 27.8 Å². The molecule has 0 bridgehead atoms. The van der Waals surface area contributed by atoms with Crippen molar-refractivity contribution in [2.45, 2.75) is 6.36 Å². The first-order chi connectivity index (χ1) is 6.83. The van der Waals surface area contributed by atoms with Gasteiger partial charge in [-0.25, -0.2) is 4.98 Å². The molecule has 82 valence electrons. The maximum Gasteiger partial charge on any atom is 0.573 e. The van der Waals surface area contributed by atoms with E-state index in [0.717, 1.165) is 0 Å². The molecule has 1 aromatic heterocycles. The van der Waals surface area contributed by atoms with Crippen molar-refractivity contribution in [2.24, 2.45) is 0 Å². The summed E-state index contributed by atoms with van der Waals surface area (Å²) in [5, 5.41) is 9.07. The number of carbonyl (C=O) groups is 1. The molecule has 0 unspecified atom stereocenters. The molecule has 0 aliphatic heterocycles. The summed E-state index contributed by atoms with van der Waals surface area (Å²) in [6.07, 6.45) is -4.63. The predicted octanol–water partition coefficient (Wildman–Crippen LogP) is 2.10. The average Bonchev–Trinajstić information content (AvgIpc) is 2.08. The molecule has 8 heteroatoms. The second-order valence-electron chi connectivity index (χ2n) is 2.35. The maximum absolute atomic E-state index is 11.8. The number of aromatic nitrogens is 1. The Morgan fingerprint density at radius 3 is 2.60 bits per heavy atom. The summed E-state index contributed by atoms with van der Waals surface area (Å²) >= 11 is 1.46. The summed E-state index contributed by atoms with van der Waals surface area (Å²) in [5.41, 5.74) is -0.339. The molecule has 0 aromatic carbocycles. The highest BCUT2D eigenvalue weighted by Crippen LogP contribution is 2.30. The smallest absolute Gasteiger partial charge is 0.505 e. The van der Waals surface area contributed by atoms with E-state index in [4.69, 9.17) is 5.11 Å². The van der Waals surface area contributed by atoms with Gasteiger partial charge in [0.2, 0.25) is 0 Å². The van der Waals surface area contributed by atoms with Gasteiger partial charge < -0.3 is 9.84 Å². The first kappa shape index (κ1) is 12.0. The van der Waals surface area contributed by atoms with Crippen LogP contribution in [0.4, 0.5) is 13.2 Å². The second-order valence-corrected chi connectivity index (χ2v) is 3.37. The summed E-state index contributed by atoms with van der Waals surface area (Å²) in [6, 6.07) is 0.687. The van der Waals surface area contributed by atoms with Crippen LogP contribution >= 0.6 is 22.6 Å². The molecule has 0 aliphatic rings. The van der Waals surface area contributed by atoms with E-state index in [-0.39, 0.29) is 15.7 Å². The van der Waals surface area contributed by atoms with Gasteiger partial charge in [-0.15, -0.1) is 13.2 Å². The first-order valence-corrected chi connectivity index (χ1v) is 4.52. The van der Waals surface area contributed by atoms with E-state index in [2.05, 4.69) is 9.72 Å². The van der Waals surface area contributed by atoms with E-state index in [9.17, 15) is 18.0 Å². The number of aldehydes is 1. The Hall–Kier alpha value is -1.06. The Bertz CT molecular complexity index is 394. The lowest BCUT2D eigenvalue weighted by Gasteiger charge is -2.10. The number of ether oxygens (including phenoxy) is 1. The molecule has 0 fully saturated rings. The number of hydrogen-bond acceptors (Lipinski definition) is 4. The lowest BCUT2D eigenvalue weighted by molar-refractivity contribution is -0.275. The lowest BCUT2D eigenvalue weighted by atomic mass is 10.3. The van der Waals surface area contributed by atoms with Crippen LogP contribution in [0.5, 0.6) is 11.5 Å². The SMILES string of the molecule is O=Cc1nc(I)c(OC(F)(F)F)cc1O. The average molecular weight is 333 g/mol. The largest absolute Gasteiger partial charge is 0.573 e. The Labute approximate surface area is 95.2 Å². The van der Waals surface area contributed by atoms with Crippen LogP contribution in [0, 0.1) is 3.70 Å². The number of aromatic hydroxyl groups is 1. The number of carbonyl (C=O) groups excluding carboxylic acids is 1. The van der Waals surface area contributed by atoms with E-state index >= 15 is 0 Å². The molecular weight excluding hydrogens is 330 g/mol. The van der Waals surface area contributed by atoms with Gasteiger partial charge in [-0.05, 0) is 22.6 Å². The van der Waals surface area contributed by atoms with Crippen LogP contribution in [0.25, 0.3) is 0 Å². The van der Waals surface area contributed by atoms with Gasteiger partial charge in [0.15, 0.2) is 12.0 Å². The molecule has 1 N–H and O–H groups in total. The molecule has 4 nitrogen and oxygen atoms in total. The van der Waals surface area contributed by atoms with Gasteiger partial charge in [0.1, 0.15) is 15.1 Å². The summed E-state index contributed by atoms with van der Waals surface area (Å²) in [4.78, 5) is 13.7. The molecule has 0 atom stereocenters. The first-order valence-electron chi connectivity index (χ1n) is 3.44. The number of pyridine rings is 1. The number of alkyl halides is 3. The van der Waals surface area contributed by atoms with Crippen LogP contribution in [0.2, 0.25) is 0 Å².